The molecule has 0 unspecified atom stereocenters. The molecule has 0 aliphatic heterocycles. The summed E-state index contributed by atoms with van der Waals surface area (Å²) in [6, 6.07) is 8.75. The lowest BCUT2D eigenvalue weighted by atomic mass is 10.3. The van der Waals surface area contributed by atoms with E-state index in [0.717, 1.165) is 24.1 Å². The van der Waals surface area contributed by atoms with E-state index in [0.29, 0.717) is 23.1 Å². The molecule has 0 aliphatic carbocycles. The second-order valence-electron chi connectivity index (χ2n) is 5.41. The number of nitrogens with one attached hydrogen (secondary N) is 1. The Morgan fingerprint density at radius 3 is 2.72 bits per heavy atom. The number of ether oxygens (including phenoxy) is 1. The SMILES string of the molecule is CCN(CC)CCNC(=O)c1ccc(COc2ccc(Br)cc2Cl)o1. The fourth-order valence-corrected chi connectivity index (χ4v) is 3.00. The van der Waals surface area contributed by atoms with Crippen LogP contribution in [0.4, 0.5) is 0 Å². The molecule has 25 heavy (non-hydrogen) atoms. The highest BCUT2D eigenvalue weighted by Gasteiger charge is 2.12. The molecule has 1 N–H and O–H groups in total. The Hall–Kier alpha value is -1.50. The molecular formula is C18H22BrClN2O3. The van der Waals surface area contributed by atoms with E-state index in [1.165, 1.54) is 0 Å². The lowest BCUT2D eigenvalue weighted by Gasteiger charge is -2.17. The normalized spacial score (nSPS) is 10.9. The third-order valence-electron chi connectivity index (χ3n) is 3.76. The number of amides is 1. The van der Waals surface area contributed by atoms with Crippen LogP contribution in [-0.2, 0) is 6.61 Å². The number of furan rings is 1. The smallest absolute Gasteiger partial charge is 0.287 e. The zero-order valence-corrected chi connectivity index (χ0v) is 16.7. The fourth-order valence-electron chi connectivity index (χ4n) is 2.27. The van der Waals surface area contributed by atoms with Crippen molar-refractivity contribution in [1.29, 1.82) is 0 Å². The Kier molecular flexibility index (Phi) is 7.81. The van der Waals surface area contributed by atoms with Gasteiger partial charge in [0.1, 0.15) is 18.1 Å². The summed E-state index contributed by atoms with van der Waals surface area (Å²) in [5.74, 6) is 1.18. The molecule has 2 rings (SSSR count). The van der Waals surface area contributed by atoms with E-state index in [9.17, 15) is 4.79 Å². The van der Waals surface area contributed by atoms with Gasteiger partial charge in [0, 0.05) is 17.6 Å². The Labute approximate surface area is 161 Å². The number of nitrogens with zero attached hydrogens (tertiary/aromatic N) is 1. The third-order valence-corrected chi connectivity index (χ3v) is 4.55. The Bertz CT molecular complexity index is 701. The third kappa shape index (κ3) is 6.06. The van der Waals surface area contributed by atoms with Crippen LogP contribution in [0.25, 0.3) is 0 Å². The molecule has 0 radical (unpaired) electrons. The molecule has 7 heteroatoms. The molecule has 5 nitrogen and oxygen atoms in total. The highest BCUT2D eigenvalue weighted by molar-refractivity contribution is 9.10. The topological polar surface area (TPSA) is 54.7 Å². The predicted octanol–water partition coefficient (Wildman–Crippen LogP) is 4.35. The van der Waals surface area contributed by atoms with Crippen molar-refractivity contribution in [2.24, 2.45) is 0 Å². The van der Waals surface area contributed by atoms with Crippen molar-refractivity contribution in [3.8, 4) is 5.75 Å². The van der Waals surface area contributed by atoms with Gasteiger partial charge in [-0.05, 0) is 43.4 Å². The lowest BCUT2D eigenvalue weighted by molar-refractivity contribution is 0.0917. The highest BCUT2D eigenvalue weighted by Crippen LogP contribution is 2.28. The maximum atomic E-state index is 12.1. The van der Waals surface area contributed by atoms with Crippen molar-refractivity contribution in [2.45, 2.75) is 20.5 Å². The van der Waals surface area contributed by atoms with Crippen molar-refractivity contribution in [1.82, 2.24) is 10.2 Å². The molecular weight excluding hydrogens is 408 g/mol. The molecule has 0 fully saturated rings. The van der Waals surface area contributed by atoms with Gasteiger partial charge < -0.3 is 19.4 Å². The summed E-state index contributed by atoms with van der Waals surface area (Å²) in [5.41, 5.74) is 0. The molecule has 0 bridgehead atoms. The Morgan fingerprint density at radius 2 is 2.04 bits per heavy atom. The van der Waals surface area contributed by atoms with Gasteiger partial charge >= 0.3 is 0 Å². The van der Waals surface area contributed by atoms with E-state index in [1.807, 2.05) is 6.07 Å². The van der Waals surface area contributed by atoms with E-state index >= 15 is 0 Å². The zero-order chi connectivity index (χ0) is 18.2. The number of carbonyl (C=O) groups excluding carboxylic acids is 1. The maximum Gasteiger partial charge on any atom is 0.287 e. The van der Waals surface area contributed by atoms with Crippen molar-refractivity contribution in [2.75, 3.05) is 26.2 Å². The van der Waals surface area contributed by atoms with Crippen LogP contribution in [0.2, 0.25) is 5.02 Å². The Morgan fingerprint density at radius 1 is 1.28 bits per heavy atom. The minimum absolute atomic E-state index is 0.202. The maximum absolute atomic E-state index is 12.1. The average Bonchev–Trinajstić information content (AvgIpc) is 3.07. The number of hydrogen-bond donors (Lipinski definition) is 1. The van der Waals surface area contributed by atoms with Crippen molar-refractivity contribution in [3.05, 3.63) is 51.3 Å². The van der Waals surface area contributed by atoms with Crippen LogP contribution in [0.1, 0.15) is 30.2 Å². The number of benzene rings is 1. The summed E-state index contributed by atoms with van der Waals surface area (Å²) in [6.07, 6.45) is 0. The zero-order valence-electron chi connectivity index (χ0n) is 14.4. The standard InChI is InChI=1S/C18H22BrClN2O3/c1-3-22(4-2)10-9-21-18(23)17-8-6-14(25-17)12-24-16-7-5-13(19)11-15(16)20/h5-8,11H,3-4,9-10,12H2,1-2H3,(H,21,23). The first-order valence-corrected chi connectivity index (χ1v) is 9.37. The first-order valence-electron chi connectivity index (χ1n) is 8.20. The van der Waals surface area contributed by atoms with E-state index in [1.54, 1.807) is 24.3 Å². The molecule has 136 valence electrons. The lowest BCUT2D eigenvalue weighted by Crippen LogP contribution is -2.34. The van der Waals surface area contributed by atoms with Crippen LogP contribution in [0.5, 0.6) is 5.75 Å². The summed E-state index contributed by atoms with van der Waals surface area (Å²) in [7, 11) is 0. The van der Waals surface area contributed by atoms with Gasteiger partial charge in [0.25, 0.3) is 5.91 Å². The molecule has 1 heterocycles. The number of carbonyl (C=O) groups is 1. The van der Waals surface area contributed by atoms with Crippen LogP contribution in [0, 0.1) is 0 Å². The summed E-state index contributed by atoms with van der Waals surface area (Å²) < 4.78 is 12.0. The van der Waals surface area contributed by atoms with Crippen LogP contribution in [-0.4, -0.2) is 37.0 Å². The minimum Gasteiger partial charge on any atom is -0.484 e. The van der Waals surface area contributed by atoms with Gasteiger partial charge in [-0.1, -0.05) is 41.4 Å². The van der Waals surface area contributed by atoms with Gasteiger partial charge in [-0.3, -0.25) is 4.79 Å². The molecule has 0 saturated heterocycles. The number of likely N-dealkylation sites (N-methyl/N-ethyl adjacent to an activating group) is 1. The van der Waals surface area contributed by atoms with Gasteiger partial charge in [-0.15, -0.1) is 0 Å². The minimum atomic E-state index is -0.222. The first-order chi connectivity index (χ1) is 12.0. The monoisotopic (exact) mass is 428 g/mol. The highest BCUT2D eigenvalue weighted by atomic mass is 79.9. The summed E-state index contributed by atoms with van der Waals surface area (Å²) in [6.45, 7) is 7.73. The van der Waals surface area contributed by atoms with Gasteiger partial charge in [0.05, 0.1) is 5.02 Å². The number of halogens is 2. The van der Waals surface area contributed by atoms with Crippen molar-refractivity contribution < 1.29 is 13.9 Å². The summed E-state index contributed by atoms with van der Waals surface area (Å²) in [5, 5.41) is 3.37. The fraction of sp³-hybridized carbons (Fsp3) is 0.389. The van der Waals surface area contributed by atoms with E-state index in [2.05, 4.69) is 40.0 Å². The molecule has 1 aromatic heterocycles. The van der Waals surface area contributed by atoms with E-state index < -0.39 is 0 Å². The second kappa shape index (κ2) is 9.85. The summed E-state index contributed by atoms with van der Waals surface area (Å²) >= 11 is 9.45. The first kappa shape index (κ1) is 19.8. The molecule has 0 aliphatic rings. The second-order valence-corrected chi connectivity index (χ2v) is 6.74. The molecule has 0 spiro atoms. The van der Waals surface area contributed by atoms with Crippen LogP contribution >= 0.6 is 27.5 Å². The predicted molar refractivity (Wildman–Crippen MR) is 102 cm³/mol. The largest absolute Gasteiger partial charge is 0.484 e. The van der Waals surface area contributed by atoms with Crippen molar-refractivity contribution >= 4 is 33.4 Å². The Balaban J connectivity index is 1.83. The van der Waals surface area contributed by atoms with Gasteiger partial charge in [0.2, 0.25) is 0 Å². The summed E-state index contributed by atoms with van der Waals surface area (Å²) in [4.78, 5) is 14.3. The molecule has 1 aromatic carbocycles. The van der Waals surface area contributed by atoms with Crippen LogP contribution < -0.4 is 10.1 Å². The van der Waals surface area contributed by atoms with Gasteiger partial charge in [-0.25, -0.2) is 0 Å². The van der Waals surface area contributed by atoms with Crippen molar-refractivity contribution in [3.63, 3.8) is 0 Å². The molecule has 0 saturated carbocycles. The quantitative estimate of drug-likeness (QED) is 0.644. The molecule has 1 amide bonds. The molecule has 2 aromatic rings. The van der Waals surface area contributed by atoms with Gasteiger partial charge in [-0.2, -0.15) is 0 Å². The van der Waals surface area contributed by atoms with Crippen LogP contribution in [0.3, 0.4) is 0 Å². The number of hydrogen-bond acceptors (Lipinski definition) is 4. The van der Waals surface area contributed by atoms with Crippen LogP contribution in [0.15, 0.2) is 39.2 Å². The molecule has 0 atom stereocenters. The number of rotatable bonds is 9. The average molecular weight is 430 g/mol. The van der Waals surface area contributed by atoms with Gasteiger partial charge in [0.15, 0.2) is 5.76 Å². The van der Waals surface area contributed by atoms with E-state index in [4.69, 9.17) is 20.8 Å². The van der Waals surface area contributed by atoms with E-state index in [-0.39, 0.29) is 18.3 Å².